The Morgan fingerprint density at radius 1 is 0.804 bits per heavy atom. The number of benzene rings is 3. The Hall–Kier alpha value is -5.03. The first-order chi connectivity index (χ1) is 22.0. The van der Waals surface area contributed by atoms with Gasteiger partial charge in [0.05, 0.1) is 6.61 Å². The number of hydrogen-bond acceptors (Lipinski definition) is 7. The molecule has 1 atom stereocenters. The van der Waals surface area contributed by atoms with Gasteiger partial charge < -0.3 is 19.6 Å². The van der Waals surface area contributed by atoms with Gasteiger partial charge in [-0.2, -0.15) is 0 Å². The van der Waals surface area contributed by atoms with E-state index in [1.54, 1.807) is 64.1 Å². The van der Waals surface area contributed by atoms with E-state index in [-0.39, 0.29) is 43.7 Å². The number of rotatable bonds is 13. The van der Waals surface area contributed by atoms with Crippen LogP contribution in [0.25, 0.3) is 0 Å². The van der Waals surface area contributed by atoms with Crippen LogP contribution < -0.4 is 21.4 Å². The smallest absolute Gasteiger partial charge is 0.408 e. The Morgan fingerprint density at radius 2 is 1.39 bits per heavy atom. The first-order valence-electron chi connectivity index (χ1n) is 15.0. The number of amides is 1. The lowest BCUT2D eigenvalue weighted by atomic mass is 9.98. The van der Waals surface area contributed by atoms with Gasteiger partial charge in [0.25, 0.3) is 5.56 Å². The Balaban J connectivity index is 1.65. The van der Waals surface area contributed by atoms with Gasteiger partial charge in [0, 0.05) is 17.7 Å². The Kier molecular flexibility index (Phi) is 11.6. The molecular weight excluding hydrogens is 593 g/mol. The van der Waals surface area contributed by atoms with E-state index in [9.17, 15) is 23.6 Å². The summed E-state index contributed by atoms with van der Waals surface area (Å²) in [7, 11) is 0. The van der Waals surface area contributed by atoms with Crippen molar-refractivity contribution in [2.24, 2.45) is 5.92 Å². The first-order valence-corrected chi connectivity index (χ1v) is 15.0. The van der Waals surface area contributed by atoms with Crippen LogP contribution in [0.5, 0.6) is 0 Å². The zero-order valence-electron chi connectivity index (χ0n) is 26.3. The van der Waals surface area contributed by atoms with E-state index in [1.807, 2.05) is 36.4 Å². The molecule has 0 aliphatic heterocycles. The van der Waals surface area contributed by atoms with Crippen molar-refractivity contribution in [1.82, 2.24) is 14.6 Å². The molecule has 0 spiro atoms. The van der Waals surface area contributed by atoms with E-state index < -0.39 is 35.3 Å². The van der Waals surface area contributed by atoms with Crippen LogP contribution in [0, 0.1) is 11.7 Å². The quantitative estimate of drug-likeness (QED) is 0.222. The standard InChI is InChI=1S/C35H38FN3O7/c1-23(2)30-29(19-25-11-7-5-8-12-25)38(22-44-20-27-15-17-28(36)18-16-27)35(43)39(32(30)40)46-33(41)31(24(3)4)37-34(42)45-21-26-13-9-6-10-14-26/h5-18,23-24,31H,19-22H2,1-4H3,(H,37,42). The van der Waals surface area contributed by atoms with Crippen LogP contribution in [0.2, 0.25) is 0 Å². The minimum Gasteiger partial charge on any atom is -0.445 e. The second-order valence-electron chi connectivity index (χ2n) is 11.4. The average molecular weight is 632 g/mol. The number of nitrogens with zero attached hydrogens (tertiary/aromatic N) is 2. The van der Waals surface area contributed by atoms with Gasteiger partial charge in [-0.1, -0.05) is 105 Å². The highest BCUT2D eigenvalue weighted by atomic mass is 19.1. The maximum Gasteiger partial charge on any atom is 0.408 e. The molecule has 46 heavy (non-hydrogen) atoms. The minimum atomic E-state index is -1.23. The van der Waals surface area contributed by atoms with Crippen molar-refractivity contribution in [3.8, 4) is 0 Å². The molecule has 1 unspecified atom stereocenters. The van der Waals surface area contributed by atoms with E-state index in [0.717, 1.165) is 11.1 Å². The molecule has 3 aromatic carbocycles. The van der Waals surface area contributed by atoms with Crippen molar-refractivity contribution >= 4 is 12.1 Å². The number of aromatic nitrogens is 2. The fourth-order valence-corrected chi connectivity index (χ4v) is 4.84. The molecule has 0 saturated carbocycles. The normalized spacial score (nSPS) is 11.8. The van der Waals surface area contributed by atoms with Gasteiger partial charge in [-0.25, -0.2) is 18.8 Å². The molecule has 0 aliphatic rings. The molecule has 0 aliphatic carbocycles. The van der Waals surface area contributed by atoms with Crippen molar-refractivity contribution in [1.29, 1.82) is 0 Å². The molecule has 0 saturated heterocycles. The lowest BCUT2D eigenvalue weighted by Crippen LogP contribution is -2.54. The number of nitrogens with one attached hydrogen (secondary N) is 1. The van der Waals surface area contributed by atoms with Gasteiger partial charge in [-0.15, -0.1) is 0 Å². The monoisotopic (exact) mass is 631 g/mol. The van der Waals surface area contributed by atoms with Gasteiger partial charge in [0.2, 0.25) is 0 Å². The summed E-state index contributed by atoms with van der Waals surface area (Å²) in [5.41, 5.74) is 1.23. The highest BCUT2D eigenvalue weighted by Gasteiger charge is 2.30. The minimum absolute atomic E-state index is 0.0186. The van der Waals surface area contributed by atoms with Gasteiger partial charge >= 0.3 is 17.8 Å². The van der Waals surface area contributed by atoms with Gasteiger partial charge in [-0.3, -0.25) is 9.36 Å². The van der Waals surface area contributed by atoms with Crippen LogP contribution in [-0.2, 0) is 40.6 Å². The van der Waals surface area contributed by atoms with E-state index in [4.69, 9.17) is 14.3 Å². The largest absolute Gasteiger partial charge is 0.445 e. The first kappa shape index (κ1) is 33.9. The van der Waals surface area contributed by atoms with Crippen LogP contribution in [0.1, 0.15) is 61.6 Å². The number of carbonyl (C=O) groups excluding carboxylic acids is 2. The fraction of sp³-hybridized carbons (Fsp3) is 0.314. The lowest BCUT2D eigenvalue weighted by Gasteiger charge is -2.23. The molecule has 242 valence electrons. The van der Waals surface area contributed by atoms with Crippen molar-refractivity contribution < 1.29 is 28.3 Å². The van der Waals surface area contributed by atoms with Crippen LogP contribution in [0.4, 0.5) is 9.18 Å². The highest BCUT2D eigenvalue weighted by molar-refractivity contribution is 5.81. The maximum atomic E-state index is 13.9. The molecule has 4 rings (SSSR count). The zero-order chi connectivity index (χ0) is 33.2. The number of halogens is 1. The highest BCUT2D eigenvalue weighted by Crippen LogP contribution is 2.19. The topological polar surface area (TPSA) is 118 Å². The van der Waals surface area contributed by atoms with Crippen molar-refractivity contribution in [3.05, 3.63) is 140 Å². The summed E-state index contributed by atoms with van der Waals surface area (Å²) in [5.74, 6) is -2.25. The third-order valence-electron chi connectivity index (χ3n) is 7.24. The number of ether oxygens (including phenoxy) is 2. The molecule has 10 nitrogen and oxygen atoms in total. The summed E-state index contributed by atoms with van der Waals surface area (Å²) in [6, 6.07) is 22.8. The lowest BCUT2D eigenvalue weighted by molar-refractivity contribution is -0.149. The third kappa shape index (κ3) is 8.79. The summed E-state index contributed by atoms with van der Waals surface area (Å²) in [5, 5.41) is 2.49. The van der Waals surface area contributed by atoms with Crippen molar-refractivity contribution in [2.75, 3.05) is 0 Å². The molecule has 4 aromatic rings. The van der Waals surface area contributed by atoms with Gasteiger partial charge in [-0.05, 0) is 40.7 Å². The van der Waals surface area contributed by atoms with E-state index in [0.29, 0.717) is 16.0 Å². The molecule has 0 radical (unpaired) electrons. The van der Waals surface area contributed by atoms with Crippen LogP contribution in [-0.4, -0.2) is 27.4 Å². The molecule has 1 N–H and O–H groups in total. The second kappa shape index (κ2) is 15.8. The third-order valence-corrected chi connectivity index (χ3v) is 7.24. The van der Waals surface area contributed by atoms with Crippen molar-refractivity contribution in [2.45, 2.75) is 66.0 Å². The molecule has 1 aromatic heterocycles. The summed E-state index contributed by atoms with van der Waals surface area (Å²) < 4.78 is 26.2. The molecule has 1 heterocycles. The van der Waals surface area contributed by atoms with E-state index in [1.165, 1.54) is 16.7 Å². The molecule has 1 amide bonds. The van der Waals surface area contributed by atoms with E-state index in [2.05, 4.69) is 5.32 Å². The summed E-state index contributed by atoms with van der Waals surface area (Å²) in [6.45, 7) is 6.70. The zero-order valence-corrected chi connectivity index (χ0v) is 26.3. The average Bonchev–Trinajstić information content (AvgIpc) is 3.04. The second-order valence-corrected chi connectivity index (χ2v) is 11.4. The Labute approximate surface area is 266 Å². The van der Waals surface area contributed by atoms with Gasteiger partial charge in [0.15, 0.2) is 0 Å². The molecule has 11 heteroatoms. The summed E-state index contributed by atoms with van der Waals surface area (Å²) in [6.07, 6.45) is -0.628. The number of alkyl carbamates (subject to hydrolysis) is 1. The SMILES string of the molecule is CC(C)c1c(Cc2ccccc2)n(COCc2ccc(F)cc2)c(=O)n(OC(=O)C(NC(=O)OCc2ccccc2)C(C)C)c1=O. The van der Waals surface area contributed by atoms with Gasteiger partial charge in [0.1, 0.15) is 25.2 Å². The van der Waals surface area contributed by atoms with Crippen LogP contribution in [0.3, 0.4) is 0 Å². The fourth-order valence-electron chi connectivity index (χ4n) is 4.84. The van der Waals surface area contributed by atoms with Crippen LogP contribution in [0.15, 0.2) is 94.5 Å². The molecule has 0 fully saturated rings. The molecule has 0 bridgehead atoms. The Morgan fingerprint density at radius 3 is 1.98 bits per heavy atom. The number of carbonyl (C=O) groups is 2. The van der Waals surface area contributed by atoms with Crippen LogP contribution >= 0.6 is 0 Å². The predicted octanol–water partition coefficient (Wildman–Crippen LogP) is 4.94. The molecular formula is C35H38FN3O7. The maximum absolute atomic E-state index is 13.9. The number of hydrogen-bond donors (Lipinski definition) is 1. The Bertz CT molecular complexity index is 1730. The van der Waals surface area contributed by atoms with E-state index >= 15 is 0 Å². The predicted molar refractivity (Wildman–Crippen MR) is 169 cm³/mol. The summed E-state index contributed by atoms with van der Waals surface area (Å²) in [4.78, 5) is 59.1. The van der Waals surface area contributed by atoms with Crippen molar-refractivity contribution in [3.63, 3.8) is 0 Å². The summed E-state index contributed by atoms with van der Waals surface area (Å²) >= 11 is 0.